The van der Waals surface area contributed by atoms with Crippen LogP contribution in [0.5, 0.6) is 0 Å². The summed E-state index contributed by atoms with van der Waals surface area (Å²) in [4.78, 5) is 2.27. The van der Waals surface area contributed by atoms with E-state index in [1.807, 2.05) is 18.2 Å². The van der Waals surface area contributed by atoms with Crippen molar-refractivity contribution in [1.82, 2.24) is 9.59 Å². The first kappa shape index (κ1) is 13.4. The minimum Gasteiger partial charge on any atom is -0.372 e. The Morgan fingerprint density at radius 1 is 1.32 bits per heavy atom. The molecule has 0 aliphatic rings. The van der Waals surface area contributed by atoms with Crippen LogP contribution in [0.2, 0.25) is 0 Å². The third-order valence-electron chi connectivity index (χ3n) is 2.65. The second-order valence-electron chi connectivity index (χ2n) is 3.80. The zero-order valence-electron chi connectivity index (χ0n) is 10.9. The van der Waals surface area contributed by atoms with Gasteiger partial charge in [-0.2, -0.15) is 0 Å². The van der Waals surface area contributed by atoms with E-state index >= 15 is 0 Å². The van der Waals surface area contributed by atoms with Gasteiger partial charge in [0.1, 0.15) is 0 Å². The van der Waals surface area contributed by atoms with Gasteiger partial charge in [-0.1, -0.05) is 15.8 Å². The smallest absolute Gasteiger partial charge is 0.210 e. The average molecular weight is 276 g/mol. The molecule has 0 fully saturated rings. The molecule has 2 rings (SSSR count). The Hall–Kier alpha value is -2.02. The Kier molecular flexibility index (Phi) is 4.79. The normalized spacial score (nSPS) is 10.8. The highest BCUT2D eigenvalue weighted by Crippen LogP contribution is 2.19. The van der Waals surface area contributed by atoms with Crippen molar-refractivity contribution in [2.75, 3.05) is 23.4 Å². The Morgan fingerprint density at radius 2 is 2.16 bits per heavy atom. The number of hydrogen-bond donors (Lipinski definition) is 1. The predicted octanol–water partition coefficient (Wildman–Crippen LogP) is 3.50. The molecule has 0 spiro atoms. The Morgan fingerprint density at radius 3 is 2.84 bits per heavy atom. The average Bonchev–Trinajstić information content (AvgIpc) is 2.94. The standard InChI is InChI=1S/C12H16N6S/c1-3-18(4-2)11-7-5-6-10(8-11)13-16-14-12-9-19-17-15-12/h5-9H,3-4H2,1-2H3,(H,13,14). The van der Waals surface area contributed by atoms with Gasteiger partial charge in [-0.25, -0.2) is 0 Å². The summed E-state index contributed by atoms with van der Waals surface area (Å²) in [5.41, 5.74) is 4.96. The van der Waals surface area contributed by atoms with Crippen LogP contribution in [0.1, 0.15) is 13.8 Å². The van der Waals surface area contributed by atoms with Crippen molar-refractivity contribution in [3.05, 3.63) is 29.6 Å². The van der Waals surface area contributed by atoms with E-state index in [0.29, 0.717) is 5.82 Å². The van der Waals surface area contributed by atoms with Crippen molar-refractivity contribution in [1.29, 1.82) is 0 Å². The summed E-state index contributed by atoms with van der Waals surface area (Å²) < 4.78 is 3.71. The molecule has 0 saturated carbocycles. The van der Waals surface area contributed by atoms with Crippen LogP contribution in [-0.4, -0.2) is 22.7 Å². The lowest BCUT2D eigenvalue weighted by Gasteiger charge is -2.21. The van der Waals surface area contributed by atoms with Crippen LogP contribution < -0.4 is 10.3 Å². The van der Waals surface area contributed by atoms with Crippen LogP contribution in [0.15, 0.2) is 40.0 Å². The van der Waals surface area contributed by atoms with Crippen molar-refractivity contribution in [2.24, 2.45) is 10.3 Å². The van der Waals surface area contributed by atoms with Gasteiger partial charge >= 0.3 is 0 Å². The molecule has 0 atom stereocenters. The van der Waals surface area contributed by atoms with Crippen molar-refractivity contribution < 1.29 is 0 Å². The molecule has 7 heteroatoms. The third kappa shape index (κ3) is 3.72. The number of hydrogen-bond acceptors (Lipinski definition) is 6. The monoisotopic (exact) mass is 276 g/mol. The Bertz CT molecular complexity index is 521. The lowest BCUT2D eigenvalue weighted by Crippen LogP contribution is -2.21. The molecule has 0 amide bonds. The summed E-state index contributed by atoms with van der Waals surface area (Å²) in [5, 5.41) is 13.3. The van der Waals surface area contributed by atoms with Gasteiger partial charge in [-0.15, -0.1) is 10.2 Å². The molecule has 1 heterocycles. The Balaban J connectivity index is 2.03. The zero-order valence-corrected chi connectivity index (χ0v) is 11.8. The van der Waals surface area contributed by atoms with Crippen molar-refractivity contribution in [2.45, 2.75) is 13.8 Å². The molecule has 0 radical (unpaired) electrons. The number of nitrogens with one attached hydrogen (secondary N) is 1. The highest BCUT2D eigenvalue weighted by molar-refractivity contribution is 7.03. The predicted molar refractivity (Wildman–Crippen MR) is 78.1 cm³/mol. The van der Waals surface area contributed by atoms with Crippen LogP contribution in [0, 0.1) is 0 Å². The molecule has 0 unspecified atom stereocenters. The van der Waals surface area contributed by atoms with E-state index < -0.39 is 0 Å². The lowest BCUT2D eigenvalue weighted by molar-refractivity contribution is 0.866. The van der Waals surface area contributed by atoms with Crippen LogP contribution in [-0.2, 0) is 0 Å². The largest absolute Gasteiger partial charge is 0.372 e. The molecule has 100 valence electrons. The molecular formula is C12H16N6S. The number of nitrogens with zero attached hydrogens (tertiary/aromatic N) is 5. The van der Waals surface area contributed by atoms with E-state index in [1.165, 1.54) is 17.2 Å². The van der Waals surface area contributed by atoms with E-state index in [-0.39, 0.29) is 0 Å². The van der Waals surface area contributed by atoms with Crippen molar-refractivity contribution in [3.8, 4) is 0 Å². The third-order valence-corrected chi connectivity index (χ3v) is 3.15. The first-order valence-corrected chi connectivity index (χ1v) is 6.96. The summed E-state index contributed by atoms with van der Waals surface area (Å²) in [5.74, 6) is 0.511. The summed E-state index contributed by atoms with van der Waals surface area (Å²) in [7, 11) is 0. The van der Waals surface area contributed by atoms with Gasteiger partial charge in [-0.05, 0) is 43.6 Å². The maximum absolute atomic E-state index is 3.91. The molecule has 2 aromatic rings. The van der Waals surface area contributed by atoms with Gasteiger partial charge in [0.2, 0.25) is 5.82 Å². The van der Waals surface area contributed by atoms with Crippen LogP contribution in [0.3, 0.4) is 0 Å². The lowest BCUT2D eigenvalue weighted by atomic mass is 10.2. The van der Waals surface area contributed by atoms with E-state index in [2.05, 4.69) is 50.2 Å². The molecule has 0 aliphatic heterocycles. The molecule has 1 N–H and O–H groups in total. The summed E-state index contributed by atoms with van der Waals surface area (Å²) in [6.07, 6.45) is 0. The van der Waals surface area contributed by atoms with Gasteiger partial charge in [0.05, 0.1) is 11.1 Å². The second-order valence-corrected chi connectivity index (χ2v) is 4.41. The maximum Gasteiger partial charge on any atom is 0.210 e. The molecule has 1 aromatic carbocycles. The molecule has 6 nitrogen and oxygen atoms in total. The minimum absolute atomic E-state index is 0.511. The zero-order chi connectivity index (χ0) is 13.5. The summed E-state index contributed by atoms with van der Waals surface area (Å²) in [6, 6.07) is 8.08. The van der Waals surface area contributed by atoms with Gasteiger partial charge < -0.3 is 4.90 Å². The first-order valence-electron chi connectivity index (χ1n) is 6.12. The van der Waals surface area contributed by atoms with E-state index in [4.69, 9.17) is 0 Å². The topological polar surface area (TPSA) is 65.8 Å². The van der Waals surface area contributed by atoms with Crippen LogP contribution in [0.4, 0.5) is 17.2 Å². The van der Waals surface area contributed by atoms with E-state index in [0.717, 1.165) is 18.8 Å². The van der Waals surface area contributed by atoms with Gasteiger partial charge in [0.25, 0.3) is 0 Å². The molecular weight excluding hydrogens is 260 g/mol. The van der Waals surface area contributed by atoms with Gasteiger partial charge in [-0.3, -0.25) is 5.43 Å². The molecule has 0 saturated heterocycles. The molecule has 0 aliphatic carbocycles. The van der Waals surface area contributed by atoms with Crippen LogP contribution in [0.25, 0.3) is 0 Å². The van der Waals surface area contributed by atoms with Gasteiger partial charge in [0, 0.05) is 18.8 Å². The van der Waals surface area contributed by atoms with Crippen LogP contribution >= 0.6 is 11.5 Å². The van der Waals surface area contributed by atoms with Crippen molar-refractivity contribution in [3.63, 3.8) is 0 Å². The number of aromatic nitrogens is 2. The quantitative estimate of drug-likeness (QED) is 0.648. The number of anilines is 2. The highest BCUT2D eigenvalue weighted by Gasteiger charge is 2.01. The minimum atomic E-state index is 0.511. The fraction of sp³-hybridized carbons (Fsp3) is 0.333. The van der Waals surface area contributed by atoms with Crippen molar-refractivity contribution >= 4 is 28.7 Å². The second kappa shape index (κ2) is 6.79. The highest BCUT2D eigenvalue weighted by atomic mass is 32.1. The fourth-order valence-electron chi connectivity index (χ4n) is 1.70. The van der Waals surface area contributed by atoms with Gasteiger partial charge in [0.15, 0.2) is 0 Å². The maximum atomic E-state index is 3.91. The summed E-state index contributed by atoms with van der Waals surface area (Å²) >= 11 is 1.25. The molecule has 19 heavy (non-hydrogen) atoms. The first-order chi connectivity index (χ1) is 9.33. The van der Waals surface area contributed by atoms with E-state index in [1.54, 1.807) is 5.38 Å². The Labute approximate surface area is 116 Å². The molecule has 1 aromatic heterocycles. The molecule has 0 bridgehead atoms. The summed E-state index contributed by atoms with van der Waals surface area (Å²) in [6.45, 7) is 6.23. The SMILES string of the molecule is CCN(CC)c1cccc(NN=Nc2csnn2)c1. The van der Waals surface area contributed by atoms with E-state index in [9.17, 15) is 0 Å². The number of benzene rings is 1. The fourth-order valence-corrected chi connectivity index (χ4v) is 2.06. The number of rotatable bonds is 6.